The van der Waals surface area contributed by atoms with Crippen molar-refractivity contribution in [2.45, 2.75) is 282 Å². The molecule has 1 aliphatic heterocycles. The van der Waals surface area contributed by atoms with Gasteiger partial charge in [-0.1, -0.05) is 292 Å². The highest BCUT2D eigenvalue weighted by Gasteiger charge is 1.94. The van der Waals surface area contributed by atoms with Crippen LogP contribution >= 0.6 is 0 Å². The minimum absolute atomic E-state index is 0.845. The van der Waals surface area contributed by atoms with Crippen molar-refractivity contribution in [3.8, 4) is 0 Å². The van der Waals surface area contributed by atoms with Gasteiger partial charge in [0.1, 0.15) is 6.26 Å². The van der Waals surface area contributed by atoms with Gasteiger partial charge in [0.2, 0.25) is 0 Å². The molecular formula is C66H137N7O2. The van der Waals surface area contributed by atoms with E-state index in [4.69, 9.17) is 4.52 Å². The molecule has 5 aromatic rings. The largest absolute Gasteiger partial charge is 0.368 e. The molecule has 9 nitrogen and oxygen atoms in total. The van der Waals surface area contributed by atoms with Gasteiger partial charge < -0.3 is 14.0 Å². The van der Waals surface area contributed by atoms with E-state index >= 15 is 0 Å². The maximum Gasteiger partial charge on any atom is 0.166 e. The van der Waals surface area contributed by atoms with Gasteiger partial charge >= 0.3 is 0 Å². The van der Waals surface area contributed by atoms with Crippen molar-refractivity contribution in [2.24, 2.45) is 29.6 Å². The summed E-state index contributed by atoms with van der Waals surface area (Å²) in [5, 5.41) is 14.2. The third-order valence-electron chi connectivity index (χ3n) is 9.16. The fraction of sp³-hybridized carbons (Fsp3) is 0.742. The highest BCUT2D eigenvalue weighted by atomic mass is 16.5. The number of nitrogens with zero attached hydrogens (tertiary/aromatic N) is 3. The normalized spacial score (nSPS) is 9.95. The molecule has 1 saturated heterocycles. The number of hydrazine groups is 1. The lowest BCUT2D eigenvalue weighted by Gasteiger charge is -2.10. The first-order chi connectivity index (χ1) is 36.3. The van der Waals surface area contributed by atoms with Crippen LogP contribution < -0.4 is 10.9 Å². The van der Waals surface area contributed by atoms with Crippen molar-refractivity contribution in [2.75, 3.05) is 13.1 Å². The van der Waals surface area contributed by atoms with Crippen LogP contribution in [0.25, 0.3) is 11.0 Å². The summed E-state index contributed by atoms with van der Waals surface area (Å²) in [5.41, 5.74) is 6.91. The third-order valence-corrected chi connectivity index (χ3v) is 9.16. The predicted molar refractivity (Wildman–Crippen MR) is 344 cm³/mol. The second kappa shape index (κ2) is 92.9. The molecule has 75 heavy (non-hydrogen) atoms. The molecule has 1 aliphatic rings. The maximum atomic E-state index is 4.87. The van der Waals surface area contributed by atoms with Crippen LogP contribution in [0, 0.1) is 29.6 Å². The second-order valence-electron chi connectivity index (χ2n) is 18.4. The molecule has 0 saturated carbocycles. The number of hydrogen-bond acceptors (Lipinski definition) is 7. The number of aromatic nitrogens is 5. The quantitative estimate of drug-likeness (QED) is 0.0824. The van der Waals surface area contributed by atoms with Gasteiger partial charge in [-0.15, -0.1) is 0 Å². The van der Waals surface area contributed by atoms with Crippen molar-refractivity contribution in [3.05, 3.63) is 92.0 Å². The Morgan fingerprint density at radius 3 is 0.987 bits per heavy atom. The summed E-state index contributed by atoms with van der Waals surface area (Å²) in [6.45, 7) is 56.2. The number of rotatable bonds is 15. The van der Waals surface area contributed by atoms with Crippen LogP contribution in [0.3, 0.4) is 0 Å². The minimum atomic E-state index is 0.845. The SMILES string of the molecule is C1CCNNC1.CC.CC.CC.CC.CC.CCCCC(C)C.CCCCC(C)C.CCCCC(C)C.CCCCC(C)C.CCCCC(C)C.c1cc[nH]c1.c1ccc2oncc2c1.c1cn[nH]c1.c1cnoc1. The average molecular weight is 1060 g/mol. The van der Waals surface area contributed by atoms with Crippen molar-refractivity contribution < 1.29 is 9.05 Å². The number of aromatic amines is 2. The number of H-pyrrole nitrogens is 2. The van der Waals surface area contributed by atoms with E-state index in [1.807, 2.05) is 124 Å². The zero-order chi connectivity index (χ0) is 59.4. The van der Waals surface area contributed by atoms with E-state index in [9.17, 15) is 0 Å². The van der Waals surface area contributed by atoms with E-state index in [1.54, 1.807) is 30.9 Å². The molecule has 6 rings (SSSR count). The molecule has 1 fully saturated rings. The van der Waals surface area contributed by atoms with E-state index in [0.717, 1.165) is 53.6 Å². The first-order valence-electron chi connectivity index (χ1n) is 30.9. The zero-order valence-electron chi connectivity index (χ0n) is 55.1. The molecule has 4 N–H and O–H groups in total. The molecular weight excluding hydrogens is 923 g/mol. The average Bonchev–Trinajstić information content (AvgIpc) is 4.33. The van der Waals surface area contributed by atoms with E-state index in [-0.39, 0.29) is 0 Å². The molecule has 0 spiro atoms. The van der Waals surface area contributed by atoms with Crippen LogP contribution in [0.4, 0.5) is 0 Å². The van der Waals surface area contributed by atoms with Gasteiger partial charge in [0.05, 0.1) is 12.4 Å². The van der Waals surface area contributed by atoms with Gasteiger partial charge in [-0.3, -0.25) is 16.0 Å². The highest BCUT2D eigenvalue weighted by molar-refractivity contribution is 5.75. The summed E-state index contributed by atoms with van der Waals surface area (Å²) in [7, 11) is 0. The fourth-order valence-electron chi connectivity index (χ4n) is 5.14. The molecule has 4 aromatic heterocycles. The number of benzene rings is 1. The van der Waals surface area contributed by atoms with Crippen LogP contribution in [0.15, 0.2) is 101 Å². The summed E-state index contributed by atoms with van der Waals surface area (Å²) in [6, 6.07) is 15.2. The standard InChI is InChI=1S/C7H5NO.5C7H16.C4H10N2.C4H5N.C3H4N2.C3H3NO.5C2H6/c1-2-4-7-6(3-1)5-8-9-7;5*1-4-5-6-7(2)3;1-2-4-6-5-3-1;3*1-2-4-5-3-1;5*1-2/h1-5H;5*7H,4-6H2,1-3H3;5-6H,1-4H2;1-5H;1-3H,(H,4,5);1-3H;5*1-2H3. The van der Waals surface area contributed by atoms with Gasteiger partial charge in [-0.2, -0.15) is 5.10 Å². The lowest BCUT2D eigenvalue weighted by atomic mass is 10.1. The van der Waals surface area contributed by atoms with Crippen LogP contribution in [-0.2, 0) is 0 Å². The van der Waals surface area contributed by atoms with Crippen LogP contribution in [0.2, 0.25) is 0 Å². The van der Waals surface area contributed by atoms with Crippen molar-refractivity contribution >= 4 is 11.0 Å². The number of hydrogen-bond donors (Lipinski definition) is 4. The van der Waals surface area contributed by atoms with Gasteiger partial charge in [0.25, 0.3) is 0 Å². The second-order valence-corrected chi connectivity index (χ2v) is 18.4. The van der Waals surface area contributed by atoms with Crippen molar-refractivity contribution in [1.29, 1.82) is 0 Å². The Balaban J connectivity index is -0.0000000907. The smallest absolute Gasteiger partial charge is 0.166 e. The molecule has 0 aliphatic carbocycles. The summed E-state index contributed by atoms with van der Waals surface area (Å²) in [4.78, 5) is 2.86. The Morgan fingerprint density at radius 2 is 0.813 bits per heavy atom. The maximum absolute atomic E-state index is 4.87. The van der Waals surface area contributed by atoms with Gasteiger partial charge in [-0.05, 0) is 78.8 Å². The Kier molecular flexibility index (Phi) is 112. The predicted octanol–water partition coefficient (Wildman–Crippen LogP) is 23.1. The van der Waals surface area contributed by atoms with Gasteiger partial charge in [0, 0.05) is 43.3 Å². The van der Waals surface area contributed by atoms with Crippen LogP contribution in [0.1, 0.15) is 282 Å². The third kappa shape index (κ3) is 111. The fourth-order valence-corrected chi connectivity index (χ4v) is 5.14. The summed E-state index contributed by atoms with van der Waals surface area (Å²) < 4.78 is 9.20. The lowest BCUT2D eigenvalue weighted by Crippen LogP contribution is -2.37. The van der Waals surface area contributed by atoms with E-state index < -0.39 is 0 Å². The summed E-state index contributed by atoms with van der Waals surface area (Å²) in [6.07, 6.45) is 35.4. The first-order valence-corrected chi connectivity index (χ1v) is 30.9. The monoisotopic (exact) mass is 1060 g/mol. The van der Waals surface area contributed by atoms with Gasteiger partial charge in [0.15, 0.2) is 5.58 Å². The Morgan fingerprint density at radius 1 is 0.440 bits per heavy atom. The van der Waals surface area contributed by atoms with E-state index in [0.29, 0.717) is 0 Å². The molecule has 0 unspecified atom stereocenters. The first kappa shape index (κ1) is 90.8. The minimum Gasteiger partial charge on any atom is -0.368 e. The molecule has 0 atom stereocenters. The van der Waals surface area contributed by atoms with Crippen molar-refractivity contribution in [1.82, 2.24) is 36.3 Å². The van der Waals surface area contributed by atoms with Crippen LogP contribution in [-0.4, -0.2) is 38.6 Å². The molecule has 0 radical (unpaired) electrons. The summed E-state index contributed by atoms with van der Waals surface area (Å²) in [5.74, 6) is 4.51. The number of unbranched alkanes of at least 4 members (excludes halogenated alkanes) is 5. The lowest BCUT2D eigenvalue weighted by molar-refractivity contribution is 0.420. The number of para-hydroxylation sites is 1. The van der Waals surface area contributed by atoms with E-state index in [2.05, 4.69) is 145 Å². The van der Waals surface area contributed by atoms with Gasteiger partial charge in [-0.25, -0.2) is 0 Å². The summed E-state index contributed by atoms with van der Waals surface area (Å²) >= 11 is 0. The Bertz CT molecular complexity index is 1170. The molecule has 448 valence electrons. The Hall–Kier alpha value is -3.69. The molecule has 5 heterocycles. The number of nitrogens with one attached hydrogen (secondary N) is 4. The zero-order valence-corrected chi connectivity index (χ0v) is 55.1. The molecule has 0 amide bonds. The number of fused-ring (bicyclic) bond motifs is 1. The molecule has 1 aromatic carbocycles. The van der Waals surface area contributed by atoms with E-state index in [1.165, 1.54) is 115 Å². The topological polar surface area (TPSA) is 121 Å². The highest BCUT2D eigenvalue weighted by Crippen LogP contribution is 2.10. The molecule has 9 heteroatoms. The Labute approximate surface area is 471 Å². The van der Waals surface area contributed by atoms with Crippen LogP contribution in [0.5, 0.6) is 0 Å². The van der Waals surface area contributed by atoms with Crippen molar-refractivity contribution in [3.63, 3.8) is 0 Å². The molecule has 0 bridgehead atoms.